The summed E-state index contributed by atoms with van der Waals surface area (Å²) in [6.07, 6.45) is 3.60. The molecule has 2 aliphatic rings. The molecule has 6 rings (SSSR count). The first-order valence-electron chi connectivity index (χ1n) is 15.6. The molecule has 12 heteroatoms. The van der Waals surface area contributed by atoms with Crippen LogP contribution >= 0.6 is 0 Å². The number of fused-ring (bicyclic) bond motifs is 1. The van der Waals surface area contributed by atoms with Crippen LogP contribution in [0.3, 0.4) is 0 Å². The topological polar surface area (TPSA) is 120 Å². The van der Waals surface area contributed by atoms with Gasteiger partial charge in [-0.2, -0.15) is 0 Å². The van der Waals surface area contributed by atoms with Gasteiger partial charge in [0.25, 0.3) is 0 Å². The van der Waals surface area contributed by atoms with Crippen molar-refractivity contribution in [2.45, 2.75) is 12.8 Å². The molecular formula is C35H37FN4O7. The van der Waals surface area contributed by atoms with Crippen LogP contribution in [0.2, 0.25) is 0 Å². The van der Waals surface area contributed by atoms with Crippen molar-refractivity contribution in [2.75, 3.05) is 70.4 Å². The van der Waals surface area contributed by atoms with Crippen LogP contribution in [0.15, 0.2) is 72.9 Å². The Kier molecular flexibility index (Phi) is 10.1. The molecule has 2 N–H and O–H groups in total. The van der Waals surface area contributed by atoms with Crippen molar-refractivity contribution in [3.05, 3.63) is 78.7 Å². The molecule has 0 saturated carbocycles. The number of carbonyl (C=O) groups excluding carboxylic acids is 2. The Bertz CT molecular complexity index is 1690. The quantitative estimate of drug-likeness (QED) is 0.157. The Morgan fingerprint density at radius 1 is 0.894 bits per heavy atom. The van der Waals surface area contributed by atoms with Crippen molar-refractivity contribution in [1.82, 2.24) is 9.88 Å². The van der Waals surface area contributed by atoms with E-state index < -0.39 is 23.0 Å². The fourth-order valence-electron chi connectivity index (χ4n) is 5.42. The summed E-state index contributed by atoms with van der Waals surface area (Å²) < 4.78 is 42.0. The number of aromatic nitrogens is 1. The lowest BCUT2D eigenvalue weighted by molar-refractivity contribution is -0.166. The Labute approximate surface area is 271 Å². The lowest BCUT2D eigenvalue weighted by atomic mass is 9.83. The highest BCUT2D eigenvalue weighted by Crippen LogP contribution is 2.37. The molecule has 2 saturated heterocycles. The van der Waals surface area contributed by atoms with E-state index >= 15 is 0 Å². The third-order valence-electron chi connectivity index (χ3n) is 8.19. The lowest BCUT2D eigenvalue weighted by Crippen LogP contribution is -2.59. The number of pyridine rings is 1. The van der Waals surface area contributed by atoms with Gasteiger partial charge in [0.1, 0.15) is 17.3 Å². The van der Waals surface area contributed by atoms with Crippen molar-refractivity contribution in [3.8, 4) is 23.0 Å². The minimum atomic E-state index is -1.40. The summed E-state index contributed by atoms with van der Waals surface area (Å²) >= 11 is 0. The molecule has 2 aliphatic heterocycles. The van der Waals surface area contributed by atoms with E-state index in [1.165, 1.54) is 24.3 Å². The number of nitrogens with one attached hydrogen (secondary N) is 2. The zero-order chi connectivity index (χ0) is 32.6. The number of anilines is 2. The molecule has 0 radical (unpaired) electrons. The summed E-state index contributed by atoms with van der Waals surface area (Å²) in [5.41, 5.74) is 0.162. The molecular weight excluding hydrogens is 607 g/mol. The molecule has 3 aromatic carbocycles. The van der Waals surface area contributed by atoms with Crippen LogP contribution in [0, 0.1) is 11.2 Å². The average molecular weight is 645 g/mol. The van der Waals surface area contributed by atoms with Gasteiger partial charge in [0.15, 0.2) is 16.9 Å². The van der Waals surface area contributed by atoms with E-state index in [9.17, 15) is 14.0 Å². The van der Waals surface area contributed by atoms with Gasteiger partial charge < -0.3 is 39.2 Å². The van der Waals surface area contributed by atoms with Crippen LogP contribution in [0.4, 0.5) is 15.8 Å². The highest BCUT2D eigenvalue weighted by molar-refractivity contribution is 6.15. The fourth-order valence-corrected chi connectivity index (χ4v) is 5.42. The van der Waals surface area contributed by atoms with E-state index in [4.69, 9.17) is 23.7 Å². The first-order chi connectivity index (χ1) is 22.9. The number of carbonyl (C=O) groups is 2. The van der Waals surface area contributed by atoms with Crippen LogP contribution in [-0.2, 0) is 19.1 Å². The number of hydrogen-bond acceptors (Lipinski definition) is 9. The highest BCUT2D eigenvalue weighted by Gasteiger charge is 2.52. The van der Waals surface area contributed by atoms with Crippen LogP contribution in [0.1, 0.15) is 12.8 Å². The Morgan fingerprint density at radius 2 is 1.62 bits per heavy atom. The second kappa shape index (κ2) is 14.8. The average Bonchev–Trinajstić information content (AvgIpc) is 3.33. The molecule has 0 aliphatic carbocycles. The molecule has 2 fully saturated rings. The standard InChI is InChI=1S/C35H37FN4O7/c1-43-31-20-28-29(21-32(31)46-18-3-15-40-14-2-17-44-19-16-40)37-13-12-30(28)47-27-10-8-26(9-11-27)39-34(42)35(22-45-23-35)33(41)38-25-6-4-24(36)5-7-25/h4-13,20-21H,2-3,14-19,22-23H2,1H3,(H,38,41)(H,39,42). The van der Waals surface area contributed by atoms with Crippen molar-refractivity contribution >= 4 is 34.1 Å². The second-order valence-corrected chi connectivity index (χ2v) is 11.5. The minimum Gasteiger partial charge on any atom is -0.493 e. The molecule has 11 nitrogen and oxygen atoms in total. The first-order valence-corrected chi connectivity index (χ1v) is 15.6. The number of ether oxygens (including phenoxy) is 5. The molecule has 47 heavy (non-hydrogen) atoms. The highest BCUT2D eigenvalue weighted by atomic mass is 19.1. The van der Waals surface area contributed by atoms with E-state index in [1.807, 2.05) is 12.1 Å². The molecule has 2 amide bonds. The number of hydrogen-bond donors (Lipinski definition) is 2. The molecule has 0 bridgehead atoms. The second-order valence-electron chi connectivity index (χ2n) is 11.5. The maximum Gasteiger partial charge on any atom is 0.244 e. The van der Waals surface area contributed by atoms with Gasteiger partial charge in [-0.05, 0) is 73.5 Å². The van der Waals surface area contributed by atoms with Gasteiger partial charge in [0.2, 0.25) is 11.8 Å². The van der Waals surface area contributed by atoms with Crippen LogP contribution < -0.4 is 24.8 Å². The van der Waals surface area contributed by atoms with Crippen LogP contribution in [-0.4, -0.2) is 81.5 Å². The van der Waals surface area contributed by atoms with Crippen molar-refractivity contribution in [2.24, 2.45) is 5.41 Å². The molecule has 4 aromatic rings. The number of benzene rings is 3. The number of rotatable bonds is 12. The SMILES string of the molecule is COc1cc2c(Oc3ccc(NC(=O)C4(C(=O)Nc5ccc(F)cc5)COC4)cc3)ccnc2cc1OCCCN1CCCOCC1. The predicted molar refractivity (Wildman–Crippen MR) is 174 cm³/mol. The monoisotopic (exact) mass is 644 g/mol. The number of halogens is 1. The predicted octanol–water partition coefficient (Wildman–Crippen LogP) is 5.26. The number of nitrogens with zero attached hydrogens (tertiary/aromatic N) is 2. The van der Waals surface area contributed by atoms with Gasteiger partial charge in [-0.25, -0.2) is 4.39 Å². The molecule has 1 aromatic heterocycles. The third-order valence-corrected chi connectivity index (χ3v) is 8.19. The molecule has 246 valence electrons. The fraction of sp³-hybridized carbons (Fsp3) is 0.343. The third kappa shape index (κ3) is 7.62. The Hall–Kier alpha value is -4.78. The summed E-state index contributed by atoms with van der Waals surface area (Å²) in [4.78, 5) is 33.1. The van der Waals surface area contributed by atoms with Gasteiger partial charge in [0, 0.05) is 55.3 Å². The molecule has 0 spiro atoms. The summed E-state index contributed by atoms with van der Waals surface area (Å²) in [5.74, 6) is 0.849. The molecule has 0 unspecified atom stereocenters. The van der Waals surface area contributed by atoms with Gasteiger partial charge in [0.05, 0.1) is 39.1 Å². The number of methoxy groups -OCH3 is 1. The summed E-state index contributed by atoms with van der Waals surface area (Å²) in [7, 11) is 1.60. The van der Waals surface area contributed by atoms with Crippen molar-refractivity contribution < 1.29 is 37.7 Å². The van der Waals surface area contributed by atoms with E-state index in [0.29, 0.717) is 46.5 Å². The van der Waals surface area contributed by atoms with E-state index in [1.54, 1.807) is 43.6 Å². The maximum absolute atomic E-state index is 13.3. The van der Waals surface area contributed by atoms with Gasteiger partial charge in [-0.3, -0.25) is 14.6 Å². The summed E-state index contributed by atoms with van der Waals surface area (Å²) in [6, 6.07) is 17.6. The van der Waals surface area contributed by atoms with Crippen LogP contribution in [0.25, 0.3) is 10.9 Å². The van der Waals surface area contributed by atoms with Gasteiger partial charge in [-0.15, -0.1) is 0 Å². The largest absolute Gasteiger partial charge is 0.493 e. The van der Waals surface area contributed by atoms with E-state index in [-0.39, 0.29) is 13.2 Å². The Balaban J connectivity index is 1.08. The van der Waals surface area contributed by atoms with Gasteiger partial charge in [-0.1, -0.05) is 0 Å². The Morgan fingerprint density at radius 3 is 2.30 bits per heavy atom. The minimum absolute atomic E-state index is 0.0627. The van der Waals surface area contributed by atoms with Crippen LogP contribution in [0.5, 0.6) is 23.0 Å². The van der Waals surface area contributed by atoms with Crippen molar-refractivity contribution in [3.63, 3.8) is 0 Å². The van der Waals surface area contributed by atoms with E-state index in [0.717, 1.165) is 51.1 Å². The lowest BCUT2D eigenvalue weighted by Gasteiger charge is -2.38. The molecule has 0 atom stereocenters. The van der Waals surface area contributed by atoms with Gasteiger partial charge >= 0.3 is 0 Å². The van der Waals surface area contributed by atoms with Crippen molar-refractivity contribution in [1.29, 1.82) is 0 Å². The summed E-state index contributed by atoms with van der Waals surface area (Å²) in [5, 5.41) is 6.22. The number of amides is 2. The first kappa shape index (κ1) is 32.2. The zero-order valence-corrected chi connectivity index (χ0v) is 26.1. The normalized spacial score (nSPS) is 16.0. The zero-order valence-electron chi connectivity index (χ0n) is 26.1. The molecule has 3 heterocycles. The smallest absolute Gasteiger partial charge is 0.244 e. The summed E-state index contributed by atoms with van der Waals surface area (Å²) in [6.45, 7) is 4.94. The maximum atomic E-state index is 13.3. The van der Waals surface area contributed by atoms with E-state index in [2.05, 4.69) is 20.5 Å².